The molecule has 0 saturated carbocycles. The van der Waals surface area contributed by atoms with E-state index in [9.17, 15) is 9.59 Å². The molecule has 92 valence electrons. The van der Waals surface area contributed by atoms with E-state index in [0.717, 1.165) is 17.9 Å². The average Bonchev–Trinajstić information content (AvgIpc) is 2.76. The van der Waals surface area contributed by atoms with Crippen molar-refractivity contribution >= 4 is 23.6 Å². The molecule has 1 rings (SSSR count). The van der Waals surface area contributed by atoms with Gasteiger partial charge in [0.1, 0.15) is 6.54 Å². The Hall–Kier alpha value is -0.750. The fourth-order valence-electron chi connectivity index (χ4n) is 1.62. The standard InChI is InChI=1S/C10H17NO4S/c1-15-4-3-11(6-9(12)13)10(14)8-2-5-16-7-8/h8H,2-7H2,1H3,(H,12,13). The minimum atomic E-state index is -0.977. The van der Waals surface area contributed by atoms with Crippen LogP contribution in [-0.2, 0) is 14.3 Å². The summed E-state index contributed by atoms with van der Waals surface area (Å²) in [6.07, 6.45) is 0.854. The highest BCUT2D eigenvalue weighted by Gasteiger charge is 2.28. The third-order valence-electron chi connectivity index (χ3n) is 2.48. The first-order valence-corrected chi connectivity index (χ1v) is 6.38. The van der Waals surface area contributed by atoms with Crippen LogP contribution < -0.4 is 0 Å². The van der Waals surface area contributed by atoms with E-state index < -0.39 is 5.97 Å². The minimum Gasteiger partial charge on any atom is -0.480 e. The van der Waals surface area contributed by atoms with Gasteiger partial charge in [-0.25, -0.2) is 0 Å². The third kappa shape index (κ3) is 4.02. The van der Waals surface area contributed by atoms with Crippen molar-refractivity contribution in [2.45, 2.75) is 6.42 Å². The van der Waals surface area contributed by atoms with E-state index in [1.165, 1.54) is 12.0 Å². The van der Waals surface area contributed by atoms with Crippen molar-refractivity contribution in [3.63, 3.8) is 0 Å². The number of carbonyl (C=O) groups is 2. The molecule has 5 nitrogen and oxygen atoms in total. The second-order valence-electron chi connectivity index (χ2n) is 3.71. The number of methoxy groups -OCH3 is 1. The molecule has 6 heteroatoms. The lowest BCUT2D eigenvalue weighted by atomic mass is 10.1. The van der Waals surface area contributed by atoms with Crippen LogP contribution in [0.25, 0.3) is 0 Å². The van der Waals surface area contributed by atoms with Crippen LogP contribution in [0, 0.1) is 5.92 Å². The van der Waals surface area contributed by atoms with Crippen molar-refractivity contribution < 1.29 is 19.4 Å². The molecule has 1 heterocycles. The van der Waals surface area contributed by atoms with Gasteiger partial charge in [0.05, 0.1) is 6.61 Å². The van der Waals surface area contributed by atoms with Gasteiger partial charge >= 0.3 is 5.97 Å². The van der Waals surface area contributed by atoms with Crippen LogP contribution in [0.15, 0.2) is 0 Å². The maximum Gasteiger partial charge on any atom is 0.323 e. The fourth-order valence-corrected chi connectivity index (χ4v) is 2.83. The van der Waals surface area contributed by atoms with E-state index in [1.807, 2.05) is 0 Å². The first kappa shape index (κ1) is 13.3. The monoisotopic (exact) mass is 247 g/mol. The zero-order chi connectivity index (χ0) is 12.0. The maximum absolute atomic E-state index is 12.0. The number of hydrogen-bond acceptors (Lipinski definition) is 4. The van der Waals surface area contributed by atoms with Crippen molar-refractivity contribution in [1.82, 2.24) is 4.90 Å². The van der Waals surface area contributed by atoms with Crippen molar-refractivity contribution in [1.29, 1.82) is 0 Å². The number of ether oxygens (including phenoxy) is 1. The minimum absolute atomic E-state index is 0.0128. The fraction of sp³-hybridized carbons (Fsp3) is 0.800. The van der Waals surface area contributed by atoms with Gasteiger partial charge in [0.15, 0.2) is 0 Å². The van der Waals surface area contributed by atoms with Crippen LogP contribution in [-0.4, -0.2) is 60.2 Å². The highest BCUT2D eigenvalue weighted by atomic mass is 32.2. The normalized spacial score (nSPS) is 19.7. The lowest BCUT2D eigenvalue weighted by Gasteiger charge is -2.23. The predicted octanol–water partition coefficient (Wildman–Crippen LogP) is 0.299. The first-order chi connectivity index (χ1) is 7.65. The zero-order valence-corrected chi connectivity index (χ0v) is 10.2. The number of hydrogen-bond donors (Lipinski definition) is 1. The van der Waals surface area contributed by atoms with Gasteiger partial charge in [-0.1, -0.05) is 0 Å². The highest BCUT2D eigenvalue weighted by Crippen LogP contribution is 2.25. The van der Waals surface area contributed by atoms with E-state index in [4.69, 9.17) is 9.84 Å². The Morgan fingerprint density at radius 2 is 2.31 bits per heavy atom. The molecule has 0 radical (unpaired) electrons. The molecule has 1 fully saturated rings. The van der Waals surface area contributed by atoms with Gasteiger partial charge in [-0.2, -0.15) is 11.8 Å². The molecule has 0 aromatic rings. The molecule has 1 aliphatic rings. The highest BCUT2D eigenvalue weighted by molar-refractivity contribution is 7.99. The first-order valence-electron chi connectivity index (χ1n) is 5.22. The molecule has 0 spiro atoms. The summed E-state index contributed by atoms with van der Waals surface area (Å²) >= 11 is 1.74. The van der Waals surface area contributed by atoms with Gasteiger partial charge in [-0.05, 0) is 12.2 Å². The predicted molar refractivity (Wildman–Crippen MR) is 61.5 cm³/mol. The van der Waals surface area contributed by atoms with Gasteiger partial charge in [0, 0.05) is 25.3 Å². The molecule has 0 aromatic carbocycles. The van der Waals surface area contributed by atoms with Crippen molar-refractivity contribution in [2.24, 2.45) is 5.92 Å². The Kier molecular flexibility index (Phi) is 5.62. The number of carboxylic acids is 1. The summed E-state index contributed by atoms with van der Waals surface area (Å²) < 4.78 is 4.87. The average molecular weight is 247 g/mol. The molecule has 0 bridgehead atoms. The summed E-state index contributed by atoms with van der Waals surface area (Å²) in [6, 6.07) is 0. The zero-order valence-electron chi connectivity index (χ0n) is 9.35. The molecule has 0 aromatic heterocycles. The lowest BCUT2D eigenvalue weighted by molar-refractivity contribution is -0.146. The molecule has 1 unspecified atom stereocenters. The topological polar surface area (TPSA) is 66.8 Å². The molecular weight excluding hydrogens is 230 g/mol. The van der Waals surface area contributed by atoms with Crippen LogP contribution in [0.5, 0.6) is 0 Å². The summed E-state index contributed by atoms with van der Waals surface area (Å²) in [5, 5.41) is 8.74. The molecule has 1 atom stereocenters. The molecule has 1 aliphatic heterocycles. The molecule has 1 N–H and O–H groups in total. The van der Waals surface area contributed by atoms with Crippen molar-refractivity contribution in [3.05, 3.63) is 0 Å². The Bertz CT molecular complexity index is 253. The molecule has 1 amide bonds. The van der Waals surface area contributed by atoms with Crippen LogP contribution in [0.3, 0.4) is 0 Å². The Morgan fingerprint density at radius 3 is 2.81 bits per heavy atom. The third-order valence-corrected chi connectivity index (χ3v) is 3.64. The maximum atomic E-state index is 12.0. The van der Waals surface area contributed by atoms with Gasteiger partial charge < -0.3 is 14.7 Å². The summed E-state index contributed by atoms with van der Waals surface area (Å²) in [5.41, 5.74) is 0. The largest absolute Gasteiger partial charge is 0.480 e. The number of aliphatic carboxylic acids is 1. The second kappa shape index (κ2) is 6.75. The summed E-state index contributed by atoms with van der Waals surface area (Å²) in [5.74, 6) is 0.754. The van der Waals surface area contributed by atoms with E-state index >= 15 is 0 Å². The summed E-state index contributed by atoms with van der Waals surface area (Å²) in [4.78, 5) is 24.0. The number of thioether (sulfide) groups is 1. The second-order valence-corrected chi connectivity index (χ2v) is 4.86. The molecule has 0 aliphatic carbocycles. The number of amides is 1. The molecule has 16 heavy (non-hydrogen) atoms. The summed E-state index contributed by atoms with van der Waals surface area (Å²) in [7, 11) is 1.54. The Balaban J connectivity index is 2.51. The molecular formula is C10H17NO4S. The number of carboxylic acid groups (broad SMARTS) is 1. The quantitative estimate of drug-likeness (QED) is 0.731. The van der Waals surface area contributed by atoms with Gasteiger partial charge in [0.2, 0.25) is 5.91 Å². The van der Waals surface area contributed by atoms with Crippen LogP contribution >= 0.6 is 11.8 Å². The molecule has 1 saturated heterocycles. The van der Waals surface area contributed by atoms with E-state index in [-0.39, 0.29) is 18.4 Å². The van der Waals surface area contributed by atoms with Gasteiger partial charge in [-0.15, -0.1) is 0 Å². The number of rotatable bonds is 6. The van der Waals surface area contributed by atoms with Gasteiger partial charge in [-0.3, -0.25) is 9.59 Å². The van der Waals surface area contributed by atoms with Crippen LogP contribution in [0.1, 0.15) is 6.42 Å². The Morgan fingerprint density at radius 1 is 1.56 bits per heavy atom. The van der Waals surface area contributed by atoms with Crippen molar-refractivity contribution in [3.8, 4) is 0 Å². The van der Waals surface area contributed by atoms with Crippen LogP contribution in [0.4, 0.5) is 0 Å². The number of carbonyl (C=O) groups excluding carboxylic acids is 1. The van der Waals surface area contributed by atoms with Crippen LogP contribution in [0.2, 0.25) is 0 Å². The SMILES string of the molecule is COCCN(CC(=O)O)C(=O)C1CCSC1. The van der Waals surface area contributed by atoms with Crippen molar-refractivity contribution in [2.75, 3.05) is 38.3 Å². The van der Waals surface area contributed by atoms with E-state index in [2.05, 4.69) is 0 Å². The lowest BCUT2D eigenvalue weighted by Crippen LogP contribution is -2.41. The van der Waals surface area contributed by atoms with E-state index in [0.29, 0.717) is 13.2 Å². The smallest absolute Gasteiger partial charge is 0.323 e. The summed E-state index contributed by atoms with van der Waals surface area (Å²) in [6.45, 7) is 0.491. The number of nitrogens with zero attached hydrogens (tertiary/aromatic N) is 1. The Labute approximate surface area is 99.1 Å². The van der Waals surface area contributed by atoms with E-state index in [1.54, 1.807) is 11.8 Å². The van der Waals surface area contributed by atoms with Gasteiger partial charge in [0.25, 0.3) is 0 Å².